The minimum atomic E-state index is -0.567. The summed E-state index contributed by atoms with van der Waals surface area (Å²) in [5.74, 6) is 0.0742. The molecule has 31 heavy (non-hydrogen) atoms. The van der Waals surface area contributed by atoms with Crippen LogP contribution in [0.25, 0.3) is 11.5 Å². The van der Waals surface area contributed by atoms with Crippen molar-refractivity contribution in [2.24, 2.45) is 0 Å². The fourth-order valence-electron chi connectivity index (χ4n) is 3.84. The number of allylic oxidation sites excluding steroid dienone is 1. The second kappa shape index (κ2) is 7.83. The van der Waals surface area contributed by atoms with Crippen LogP contribution in [-0.2, 0) is 14.9 Å². The summed E-state index contributed by atoms with van der Waals surface area (Å²) in [5, 5.41) is 3.75. The van der Waals surface area contributed by atoms with Crippen molar-refractivity contribution in [3.8, 4) is 11.5 Å². The Kier molecular flexibility index (Phi) is 5.19. The van der Waals surface area contributed by atoms with Gasteiger partial charge >= 0.3 is 5.97 Å². The molecule has 7 heteroatoms. The molecule has 2 heterocycles. The van der Waals surface area contributed by atoms with Gasteiger partial charge in [-0.05, 0) is 42.8 Å². The molecule has 158 valence electrons. The predicted molar refractivity (Wildman–Crippen MR) is 116 cm³/mol. The number of rotatable bonds is 5. The molecule has 1 aliphatic heterocycles. The Labute approximate surface area is 180 Å². The Morgan fingerprint density at radius 2 is 1.84 bits per heavy atom. The number of hydrogen-bond acceptors (Lipinski definition) is 7. The van der Waals surface area contributed by atoms with E-state index in [9.17, 15) is 9.59 Å². The van der Waals surface area contributed by atoms with Crippen molar-refractivity contribution in [2.75, 3.05) is 18.6 Å². The van der Waals surface area contributed by atoms with Gasteiger partial charge in [-0.2, -0.15) is 4.98 Å². The fraction of sp³-hybridized carbons (Fsp3) is 0.250. The highest BCUT2D eigenvalue weighted by atomic mass is 16.5. The molecule has 0 radical (unpaired) electrons. The van der Waals surface area contributed by atoms with Crippen LogP contribution in [0, 0.1) is 6.92 Å². The number of hydrogen-bond donors (Lipinski definition) is 0. The summed E-state index contributed by atoms with van der Waals surface area (Å²) in [6.07, 6.45) is 1.56. The van der Waals surface area contributed by atoms with E-state index >= 15 is 0 Å². The first kappa shape index (κ1) is 20.5. The lowest BCUT2D eigenvalue weighted by Gasteiger charge is -2.23. The largest absolute Gasteiger partial charge is 0.454 e. The molecule has 1 aromatic heterocycles. The topological polar surface area (TPSA) is 85.5 Å². The maximum Gasteiger partial charge on any atom is 0.338 e. The maximum atomic E-state index is 12.6. The molecule has 0 aliphatic carbocycles. The van der Waals surface area contributed by atoms with Crippen LogP contribution in [0.15, 0.2) is 64.8 Å². The number of carbonyl (C=O) groups excluding carboxylic acids is 2. The van der Waals surface area contributed by atoms with Gasteiger partial charge in [0, 0.05) is 35.5 Å². The van der Waals surface area contributed by atoms with Crippen LogP contribution in [0.1, 0.15) is 35.6 Å². The normalized spacial score (nSPS) is 15.7. The molecule has 7 nitrogen and oxygen atoms in total. The monoisotopic (exact) mass is 417 g/mol. The van der Waals surface area contributed by atoms with Gasteiger partial charge in [0.05, 0.1) is 5.56 Å². The van der Waals surface area contributed by atoms with Crippen molar-refractivity contribution in [1.82, 2.24) is 10.1 Å². The van der Waals surface area contributed by atoms with Gasteiger partial charge in [-0.3, -0.25) is 4.79 Å². The Balaban J connectivity index is 1.41. The van der Waals surface area contributed by atoms with E-state index in [0.29, 0.717) is 22.8 Å². The van der Waals surface area contributed by atoms with E-state index in [1.807, 2.05) is 30.1 Å². The van der Waals surface area contributed by atoms with Gasteiger partial charge in [0.2, 0.25) is 0 Å². The summed E-state index contributed by atoms with van der Waals surface area (Å²) in [7, 11) is 1.94. The first-order valence-corrected chi connectivity index (χ1v) is 9.93. The Morgan fingerprint density at radius 1 is 1.13 bits per heavy atom. The van der Waals surface area contributed by atoms with Gasteiger partial charge in [0.15, 0.2) is 18.2 Å². The highest BCUT2D eigenvalue weighted by Gasteiger charge is 2.38. The second-order valence-electron chi connectivity index (χ2n) is 8.00. The van der Waals surface area contributed by atoms with Gasteiger partial charge in [-0.25, -0.2) is 4.79 Å². The summed E-state index contributed by atoms with van der Waals surface area (Å²) >= 11 is 0. The lowest BCUT2D eigenvalue weighted by Crippen LogP contribution is -2.25. The van der Waals surface area contributed by atoms with Crippen LogP contribution in [0.2, 0.25) is 0 Å². The second-order valence-corrected chi connectivity index (χ2v) is 8.00. The van der Waals surface area contributed by atoms with Crippen LogP contribution in [0.4, 0.5) is 5.69 Å². The summed E-state index contributed by atoms with van der Waals surface area (Å²) in [4.78, 5) is 31.1. The summed E-state index contributed by atoms with van der Waals surface area (Å²) < 4.78 is 10.3. The number of anilines is 1. The Bertz CT molecular complexity index is 1180. The van der Waals surface area contributed by atoms with E-state index in [0.717, 1.165) is 16.9 Å². The number of aromatic nitrogens is 2. The van der Waals surface area contributed by atoms with E-state index in [-0.39, 0.29) is 17.8 Å². The number of para-hydroxylation sites is 1. The highest BCUT2D eigenvalue weighted by molar-refractivity contribution is 5.96. The first-order chi connectivity index (χ1) is 14.8. The predicted octanol–water partition coefficient (Wildman–Crippen LogP) is 4.08. The fourth-order valence-corrected chi connectivity index (χ4v) is 3.84. The van der Waals surface area contributed by atoms with Gasteiger partial charge in [-0.1, -0.05) is 37.2 Å². The molecule has 4 rings (SSSR count). The lowest BCUT2D eigenvalue weighted by atomic mass is 9.83. The smallest absolute Gasteiger partial charge is 0.338 e. The number of ether oxygens (including phenoxy) is 1. The van der Waals surface area contributed by atoms with Crippen molar-refractivity contribution in [3.05, 3.63) is 77.3 Å². The van der Waals surface area contributed by atoms with Gasteiger partial charge < -0.3 is 14.2 Å². The molecule has 0 atom stereocenters. The minimum absolute atomic E-state index is 0.269. The molecule has 0 N–H and O–H groups in total. The van der Waals surface area contributed by atoms with Crippen molar-refractivity contribution >= 4 is 17.4 Å². The molecular formula is C24H23N3O4. The number of nitrogens with zero attached hydrogens (tertiary/aromatic N) is 3. The number of carbonyl (C=O) groups is 2. The SMILES string of the molecule is Cc1noc(-c2ccc(C(=O)OCC(=O)C=C3N(C)c4ccccc4C3(C)C)cc2)n1. The average molecular weight is 417 g/mol. The van der Waals surface area contributed by atoms with Gasteiger partial charge in [-0.15, -0.1) is 0 Å². The number of benzene rings is 2. The number of likely N-dealkylation sites (N-methyl/N-ethyl adjacent to an activating group) is 1. The average Bonchev–Trinajstić information content (AvgIpc) is 3.28. The molecule has 0 spiro atoms. The zero-order chi connectivity index (χ0) is 22.2. The van der Waals surface area contributed by atoms with Crippen LogP contribution in [0.5, 0.6) is 0 Å². The molecule has 0 unspecified atom stereocenters. The standard InChI is InChI=1S/C24H23N3O4/c1-15-25-22(31-26-15)16-9-11-17(12-10-16)23(29)30-14-18(28)13-21-24(2,3)19-7-5-6-8-20(19)27(21)4/h5-13H,14H2,1-4H3. The van der Waals surface area contributed by atoms with E-state index in [1.54, 1.807) is 37.3 Å². The van der Waals surface area contributed by atoms with Crippen LogP contribution >= 0.6 is 0 Å². The van der Waals surface area contributed by atoms with Crippen LogP contribution < -0.4 is 4.90 Å². The third kappa shape index (κ3) is 3.86. The van der Waals surface area contributed by atoms with E-state index < -0.39 is 5.97 Å². The minimum Gasteiger partial charge on any atom is -0.454 e. The van der Waals surface area contributed by atoms with Crippen molar-refractivity contribution < 1.29 is 18.8 Å². The van der Waals surface area contributed by atoms with Crippen LogP contribution in [0.3, 0.4) is 0 Å². The number of ketones is 1. The molecular weight excluding hydrogens is 394 g/mol. The third-order valence-corrected chi connectivity index (χ3v) is 5.48. The summed E-state index contributed by atoms with van der Waals surface area (Å²) in [5.41, 5.74) is 3.82. The third-order valence-electron chi connectivity index (χ3n) is 5.48. The summed E-state index contributed by atoms with van der Waals surface area (Å²) in [6, 6.07) is 14.7. The number of fused-ring (bicyclic) bond motifs is 1. The van der Waals surface area contributed by atoms with Gasteiger partial charge in [0.25, 0.3) is 5.89 Å². The number of esters is 1. The molecule has 3 aromatic rings. The molecule has 0 amide bonds. The van der Waals surface area contributed by atoms with Gasteiger partial charge in [0.1, 0.15) is 0 Å². The Morgan fingerprint density at radius 3 is 2.48 bits per heavy atom. The molecule has 1 aliphatic rings. The quantitative estimate of drug-likeness (QED) is 0.457. The number of aryl methyl sites for hydroxylation is 1. The molecule has 2 aromatic carbocycles. The molecule has 0 bridgehead atoms. The zero-order valence-corrected chi connectivity index (χ0v) is 17.9. The van der Waals surface area contributed by atoms with Crippen molar-refractivity contribution in [3.63, 3.8) is 0 Å². The maximum absolute atomic E-state index is 12.6. The first-order valence-electron chi connectivity index (χ1n) is 9.93. The van der Waals surface area contributed by atoms with E-state index in [2.05, 4.69) is 30.1 Å². The molecule has 0 fully saturated rings. The van der Waals surface area contributed by atoms with E-state index in [4.69, 9.17) is 9.26 Å². The lowest BCUT2D eigenvalue weighted by molar-refractivity contribution is -0.117. The molecule has 0 saturated heterocycles. The van der Waals surface area contributed by atoms with Crippen molar-refractivity contribution in [1.29, 1.82) is 0 Å². The van der Waals surface area contributed by atoms with Crippen molar-refractivity contribution in [2.45, 2.75) is 26.2 Å². The highest BCUT2D eigenvalue weighted by Crippen LogP contribution is 2.46. The summed E-state index contributed by atoms with van der Waals surface area (Å²) in [6.45, 7) is 5.56. The van der Waals surface area contributed by atoms with Crippen LogP contribution in [-0.4, -0.2) is 35.5 Å². The zero-order valence-electron chi connectivity index (χ0n) is 17.9. The van der Waals surface area contributed by atoms with E-state index in [1.165, 1.54) is 0 Å². The molecule has 0 saturated carbocycles. The Hall–Kier alpha value is -3.74.